The van der Waals surface area contributed by atoms with E-state index < -0.39 is 11.6 Å². The first-order chi connectivity index (χ1) is 9.06. The van der Waals surface area contributed by atoms with E-state index in [9.17, 15) is 18.4 Å². The first-order valence-electron chi connectivity index (χ1n) is 6.23. The van der Waals surface area contributed by atoms with Gasteiger partial charge in [-0.15, -0.1) is 0 Å². The van der Waals surface area contributed by atoms with Crippen LogP contribution < -0.4 is 4.90 Å². The molecule has 19 heavy (non-hydrogen) atoms. The number of hydrogen-bond donors (Lipinski definition) is 0. The van der Waals surface area contributed by atoms with E-state index in [0.29, 0.717) is 19.4 Å². The lowest BCUT2D eigenvalue weighted by Gasteiger charge is -2.21. The predicted molar refractivity (Wildman–Crippen MR) is 68.9 cm³/mol. The Morgan fingerprint density at radius 1 is 1.26 bits per heavy atom. The van der Waals surface area contributed by atoms with Gasteiger partial charge in [0.1, 0.15) is 17.9 Å². The molecule has 0 saturated heterocycles. The highest BCUT2D eigenvalue weighted by molar-refractivity contribution is 5.91. The third kappa shape index (κ3) is 4.77. The third-order valence-electron chi connectivity index (χ3n) is 2.78. The number of aldehydes is 1. The molecular weight excluding hydrogens is 252 g/mol. The minimum Gasteiger partial charge on any atom is -0.310 e. The minimum absolute atomic E-state index is 0.0873. The molecule has 0 spiro atoms. The third-order valence-corrected chi connectivity index (χ3v) is 2.78. The molecule has 5 heteroatoms. The van der Waals surface area contributed by atoms with Gasteiger partial charge in [0.25, 0.3) is 0 Å². The average Bonchev–Trinajstić information content (AvgIpc) is 2.35. The van der Waals surface area contributed by atoms with Crippen LogP contribution in [0.25, 0.3) is 0 Å². The Morgan fingerprint density at radius 3 is 2.58 bits per heavy atom. The lowest BCUT2D eigenvalue weighted by Crippen LogP contribution is -2.30. The number of hydrogen-bond acceptors (Lipinski definition) is 2. The topological polar surface area (TPSA) is 37.4 Å². The van der Waals surface area contributed by atoms with Crippen LogP contribution in [0, 0.1) is 11.6 Å². The Kier molecular flexibility index (Phi) is 6.12. The van der Waals surface area contributed by atoms with E-state index in [4.69, 9.17) is 0 Å². The summed E-state index contributed by atoms with van der Waals surface area (Å²) in [6.07, 6.45) is 3.55. The molecule has 0 atom stereocenters. The van der Waals surface area contributed by atoms with Crippen molar-refractivity contribution in [2.45, 2.75) is 32.6 Å². The highest BCUT2D eigenvalue weighted by Crippen LogP contribution is 2.21. The van der Waals surface area contributed by atoms with E-state index in [1.54, 1.807) is 0 Å². The van der Waals surface area contributed by atoms with Crippen molar-refractivity contribution in [3.8, 4) is 0 Å². The van der Waals surface area contributed by atoms with Crippen molar-refractivity contribution in [1.29, 1.82) is 0 Å². The van der Waals surface area contributed by atoms with Crippen LogP contribution in [0.1, 0.15) is 32.6 Å². The van der Waals surface area contributed by atoms with E-state index in [-0.39, 0.29) is 11.6 Å². The highest BCUT2D eigenvalue weighted by atomic mass is 19.1. The van der Waals surface area contributed by atoms with E-state index in [0.717, 1.165) is 31.3 Å². The van der Waals surface area contributed by atoms with Crippen LogP contribution in [0.15, 0.2) is 18.2 Å². The van der Waals surface area contributed by atoms with Gasteiger partial charge in [-0.3, -0.25) is 4.79 Å². The van der Waals surface area contributed by atoms with Gasteiger partial charge in [0.2, 0.25) is 5.91 Å². The highest BCUT2D eigenvalue weighted by Gasteiger charge is 2.15. The smallest absolute Gasteiger partial charge is 0.223 e. The quantitative estimate of drug-likeness (QED) is 0.563. The molecular formula is C14H17F2NO2. The number of anilines is 1. The second-order valence-corrected chi connectivity index (χ2v) is 4.28. The summed E-state index contributed by atoms with van der Waals surface area (Å²) in [7, 11) is 0. The molecule has 104 valence electrons. The summed E-state index contributed by atoms with van der Waals surface area (Å²) < 4.78 is 26.4. The fourth-order valence-electron chi connectivity index (χ4n) is 1.82. The number of carbonyl (C=O) groups is 2. The lowest BCUT2D eigenvalue weighted by molar-refractivity contribution is -0.116. The van der Waals surface area contributed by atoms with Gasteiger partial charge in [-0.1, -0.05) is 6.42 Å². The molecule has 1 amide bonds. The number of carbonyl (C=O) groups excluding carboxylic acids is 2. The van der Waals surface area contributed by atoms with Gasteiger partial charge in [0.15, 0.2) is 0 Å². The maximum atomic E-state index is 13.6. The molecule has 0 unspecified atom stereocenters. The summed E-state index contributed by atoms with van der Waals surface area (Å²) in [5.74, 6) is -1.71. The lowest BCUT2D eigenvalue weighted by atomic mass is 10.2. The van der Waals surface area contributed by atoms with E-state index in [1.165, 1.54) is 17.9 Å². The maximum Gasteiger partial charge on any atom is 0.223 e. The molecule has 3 nitrogen and oxygen atoms in total. The van der Waals surface area contributed by atoms with Gasteiger partial charge in [-0.05, 0) is 25.0 Å². The fourth-order valence-corrected chi connectivity index (χ4v) is 1.82. The second kappa shape index (κ2) is 7.61. The molecule has 0 heterocycles. The predicted octanol–water partition coefficient (Wildman–Crippen LogP) is 3.08. The molecule has 0 bridgehead atoms. The van der Waals surface area contributed by atoms with Crippen LogP contribution >= 0.6 is 0 Å². The standard InChI is InChI=1S/C14H17F2NO2/c1-11(19)17(8-4-2-3-5-9-18)14-7-6-12(15)10-13(14)16/h6-7,9-10H,2-5,8H2,1H3. The summed E-state index contributed by atoms with van der Waals surface area (Å²) in [5.41, 5.74) is 0.0873. The summed E-state index contributed by atoms with van der Waals surface area (Å²) in [6.45, 7) is 1.70. The molecule has 0 radical (unpaired) electrons. The van der Waals surface area contributed by atoms with Crippen molar-refractivity contribution in [1.82, 2.24) is 0 Å². The fraction of sp³-hybridized carbons (Fsp3) is 0.429. The molecule has 0 N–H and O–H groups in total. The maximum absolute atomic E-state index is 13.6. The first kappa shape index (κ1) is 15.3. The molecule has 0 saturated carbocycles. The zero-order chi connectivity index (χ0) is 14.3. The molecule has 0 aromatic heterocycles. The van der Waals surface area contributed by atoms with Crippen molar-refractivity contribution in [3.63, 3.8) is 0 Å². The zero-order valence-corrected chi connectivity index (χ0v) is 10.9. The van der Waals surface area contributed by atoms with Crippen molar-refractivity contribution >= 4 is 17.9 Å². The molecule has 1 aromatic rings. The Hall–Kier alpha value is -1.78. The van der Waals surface area contributed by atoms with Crippen LogP contribution in [0.4, 0.5) is 14.5 Å². The van der Waals surface area contributed by atoms with Crippen molar-refractivity contribution in [3.05, 3.63) is 29.8 Å². The summed E-state index contributed by atoms with van der Waals surface area (Å²) in [6, 6.07) is 3.15. The number of nitrogens with zero attached hydrogens (tertiary/aromatic N) is 1. The molecule has 1 aromatic carbocycles. The van der Waals surface area contributed by atoms with Gasteiger partial charge < -0.3 is 9.69 Å². The summed E-state index contributed by atoms with van der Waals surface area (Å²) in [5, 5.41) is 0. The van der Waals surface area contributed by atoms with E-state index in [2.05, 4.69) is 0 Å². The van der Waals surface area contributed by atoms with Gasteiger partial charge in [0.05, 0.1) is 5.69 Å². The Bertz CT molecular complexity index is 449. The Morgan fingerprint density at radius 2 is 2.00 bits per heavy atom. The molecule has 0 fully saturated rings. The van der Waals surface area contributed by atoms with Crippen molar-refractivity contribution in [2.24, 2.45) is 0 Å². The number of benzene rings is 1. The van der Waals surface area contributed by atoms with Crippen LogP contribution in [0.3, 0.4) is 0 Å². The molecule has 1 rings (SSSR count). The van der Waals surface area contributed by atoms with Gasteiger partial charge in [-0.2, -0.15) is 0 Å². The van der Waals surface area contributed by atoms with E-state index in [1.807, 2.05) is 0 Å². The Labute approximate surface area is 111 Å². The largest absolute Gasteiger partial charge is 0.310 e. The van der Waals surface area contributed by atoms with Crippen molar-refractivity contribution < 1.29 is 18.4 Å². The van der Waals surface area contributed by atoms with E-state index >= 15 is 0 Å². The number of halogens is 2. The number of rotatable bonds is 7. The molecule has 0 aliphatic carbocycles. The Balaban J connectivity index is 2.66. The minimum atomic E-state index is -0.747. The first-order valence-corrected chi connectivity index (χ1v) is 6.23. The molecule has 0 aliphatic heterocycles. The van der Waals surface area contributed by atoms with Gasteiger partial charge in [-0.25, -0.2) is 8.78 Å². The van der Waals surface area contributed by atoms with Crippen LogP contribution in [0.5, 0.6) is 0 Å². The van der Waals surface area contributed by atoms with Gasteiger partial charge >= 0.3 is 0 Å². The zero-order valence-electron chi connectivity index (χ0n) is 10.9. The van der Waals surface area contributed by atoms with Gasteiger partial charge in [0, 0.05) is 26.0 Å². The average molecular weight is 269 g/mol. The second-order valence-electron chi connectivity index (χ2n) is 4.28. The normalized spacial score (nSPS) is 10.3. The monoisotopic (exact) mass is 269 g/mol. The van der Waals surface area contributed by atoms with Crippen LogP contribution in [-0.4, -0.2) is 18.7 Å². The summed E-state index contributed by atoms with van der Waals surface area (Å²) in [4.78, 5) is 23.0. The number of amides is 1. The molecule has 0 aliphatic rings. The van der Waals surface area contributed by atoms with Crippen molar-refractivity contribution in [2.75, 3.05) is 11.4 Å². The SMILES string of the molecule is CC(=O)N(CCCCCC=O)c1ccc(F)cc1F. The van der Waals surface area contributed by atoms with Crippen LogP contribution in [-0.2, 0) is 9.59 Å². The van der Waals surface area contributed by atoms with Crippen LogP contribution in [0.2, 0.25) is 0 Å². The number of unbranched alkanes of at least 4 members (excludes halogenated alkanes) is 3. The summed E-state index contributed by atoms with van der Waals surface area (Å²) >= 11 is 0.